The van der Waals surface area contributed by atoms with Crippen molar-refractivity contribution < 1.29 is 19.3 Å². The number of benzene rings is 1. The molecule has 1 aliphatic heterocycles. The lowest BCUT2D eigenvalue weighted by atomic mass is 10.2. The van der Waals surface area contributed by atoms with Crippen LogP contribution in [0.5, 0.6) is 0 Å². The molecular formula is C15H23ClN2O2+2. The van der Waals surface area contributed by atoms with Gasteiger partial charge in [-0.3, -0.25) is 0 Å². The van der Waals surface area contributed by atoms with E-state index in [0.29, 0.717) is 10.6 Å². The van der Waals surface area contributed by atoms with Crippen LogP contribution in [-0.4, -0.2) is 51.8 Å². The van der Waals surface area contributed by atoms with Crippen LogP contribution in [0.3, 0.4) is 0 Å². The van der Waals surface area contributed by atoms with Gasteiger partial charge in [-0.1, -0.05) is 11.6 Å². The second kappa shape index (κ2) is 7.07. The summed E-state index contributed by atoms with van der Waals surface area (Å²) in [6.07, 6.45) is -0.0633. The highest BCUT2D eigenvalue weighted by Crippen LogP contribution is 2.10. The standard InChI is InChI=1S/C15H21ClN2O2/c1-12(11-18-9-7-17(2)8-10-18)20-15(19)13-3-5-14(16)6-4-13/h3-6,12H,7-11H2,1-2H3/p+2/t12-/m1/s1. The van der Waals surface area contributed by atoms with E-state index in [2.05, 4.69) is 7.05 Å². The van der Waals surface area contributed by atoms with E-state index in [4.69, 9.17) is 16.3 Å². The molecule has 0 saturated carbocycles. The molecule has 1 aromatic carbocycles. The number of rotatable bonds is 4. The number of quaternary nitrogens is 2. The Labute approximate surface area is 125 Å². The van der Waals surface area contributed by atoms with Gasteiger partial charge in [0.05, 0.1) is 12.6 Å². The summed E-state index contributed by atoms with van der Waals surface area (Å²) in [7, 11) is 2.22. The minimum atomic E-state index is -0.270. The molecule has 2 rings (SSSR count). The summed E-state index contributed by atoms with van der Waals surface area (Å²) in [5.41, 5.74) is 0.555. The van der Waals surface area contributed by atoms with Crippen molar-refractivity contribution in [1.82, 2.24) is 0 Å². The zero-order valence-corrected chi connectivity index (χ0v) is 12.9. The van der Waals surface area contributed by atoms with E-state index in [9.17, 15) is 4.79 Å². The van der Waals surface area contributed by atoms with Gasteiger partial charge in [-0.2, -0.15) is 0 Å². The average Bonchev–Trinajstić information content (AvgIpc) is 2.42. The lowest BCUT2D eigenvalue weighted by Gasteiger charge is -2.28. The Hall–Kier alpha value is -1.10. The molecule has 1 fully saturated rings. The summed E-state index contributed by atoms with van der Waals surface area (Å²) in [5, 5.41) is 0.624. The normalized spacial score (nSPS) is 24.1. The summed E-state index contributed by atoms with van der Waals surface area (Å²) < 4.78 is 5.50. The number of likely N-dealkylation sites (N-methyl/N-ethyl adjacent to an activating group) is 1. The molecule has 1 aromatic rings. The minimum Gasteiger partial charge on any atom is -0.453 e. The van der Waals surface area contributed by atoms with Gasteiger partial charge in [0.2, 0.25) is 0 Å². The van der Waals surface area contributed by atoms with Crippen LogP contribution in [-0.2, 0) is 4.74 Å². The van der Waals surface area contributed by atoms with Crippen LogP contribution in [0.1, 0.15) is 17.3 Å². The Kier molecular flexibility index (Phi) is 5.40. The van der Waals surface area contributed by atoms with E-state index in [1.807, 2.05) is 6.92 Å². The van der Waals surface area contributed by atoms with Crippen molar-refractivity contribution in [3.63, 3.8) is 0 Å². The lowest BCUT2D eigenvalue weighted by Crippen LogP contribution is -3.27. The van der Waals surface area contributed by atoms with Gasteiger partial charge in [0.1, 0.15) is 38.8 Å². The summed E-state index contributed by atoms with van der Waals surface area (Å²) >= 11 is 5.81. The first-order valence-corrected chi connectivity index (χ1v) is 7.54. The molecule has 0 amide bonds. The fraction of sp³-hybridized carbons (Fsp3) is 0.533. The van der Waals surface area contributed by atoms with Gasteiger partial charge in [-0.15, -0.1) is 0 Å². The zero-order chi connectivity index (χ0) is 14.5. The summed E-state index contributed by atoms with van der Waals surface area (Å²) in [6, 6.07) is 6.81. The smallest absolute Gasteiger partial charge is 0.338 e. The molecule has 0 bridgehead atoms. The third-order valence-corrected chi connectivity index (χ3v) is 4.03. The Morgan fingerprint density at radius 1 is 1.25 bits per heavy atom. The van der Waals surface area contributed by atoms with Crippen molar-refractivity contribution in [1.29, 1.82) is 0 Å². The number of hydrogen-bond donors (Lipinski definition) is 2. The second-order valence-corrected chi connectivity index (χ2v) is 6.07. The number of esters is 1. The first kappa shape index (κ1) is 15.3. The molecule has 1 atom stereocenters. The minimum absolute atomic E-state index is 0.0633. The summed E-state index contributed by atoms with van der Waals surface area (Å²) in [4.78, 5) is 15.1. The molecule has 0 radical (unpaired) electrons. The number of ether oxygens (including phenoxy) is 1. The van der Waals surface area contributed by atoms with E-state index in [0.717, 1.165) is 19.6 Å². The predicted molar refractivity (Wildman–Crippen MR) is 78.5 cm³/mol. The zero-order valence-electron chi connectivity index (χ0n) is 12.1. The van der Waals surface area contributed by atoms with Crippen molar-refractivity contribution >= 4 is 17.6 Å². The van der Waals surface area contributed by atoms with Gasteiger partial charge in [0.15, 0.2) is 0 Å². The SMILES string of the molecule is C[C@H](C[NH+]1CC[NH+](C)CC1)OC(=O)c1ccc(Cl)cc1. The van der Waals surface area contributed by atoms with E-state index >= 15 is 0 Å². The lowest BCUT2D eigenvalue weighted by molar-refractivity contribution is -1.00. The fourth-order valence-electron chi connectivity index (χ4n) is 2.52. The molecule has 1 heterocycles. The molecular weight excluding hydrogens is 276 g/mol. The molecule has 0 aromatic heterocycles. The van der Waals surface area contributed by atoms with Crippen LogP contribution in [0.2, 0.25) is 5.02 Å². The number of nitrogens with one attached hydrogen (secondary N) is 2. The molecule has 110 valence electrons. The predicted octanol–water partition coefficient (Wildman–Crippen LogP) is -0.701. The van der Waals surface area contributed by atoms with Crippen LogP contribution >= 0.6 is 11.6 Å². The maximum absolute atomic E-state index is 12.0. The largest absolute Gasteiger partial charge is 0.453 e. The van der Waals surface area contributed by atoms with Gasteiger partial charge >= 0.3 is 5.97 Å². The number of carbonyl (C=O) groups excluding carboxylic acids is 1. The number of halogens is 1. The molecule has 0 aliphatic carbocycles. The molecule has 20 heavy (non-hydrogen) atoms. The highest BCUT2D eigenvalue weighted by Gasteiger charge is 2.23. The van der Waals surface area contributed by atoms with Crippen LogP contribution in [0.4, 0.5) is 0 Å². The van der Waals surface area contributed by atoms with Crippen molar-refractivity contribution in [2.45, 2.75) is 13.0 Å². The highest BCUT2D eigenvalue weighted by atomic mass is 35.5. The molecule has 0 spiro atoms. The molecule has 4 nitrogen and oxygen atoms in total. The van der Waals surface area contributed by atoms with Crippen molar-refractivity contribution in [2.24, 2.45) is 0 Å². The van der Waals surface area contributed by atoms with E-state index in [1.165, 1.54) is 18.0 Å². The molecule has 1 saturated heterocycles. The number of hydrogen-bond acceptors (Lipinski definition) is 2. The molecule has 1 aliphatic rings. The highest BCUT2D eigenvalue weighted by molar-refractivity contribution is 6.30. The third-order valence-electron chi connectivity index (χ3n) is 3.77. The quantitative estimate of drug-likeness (QED) is 0.721. The van der Waals surface area contributed by atoms with Crippen molar-refractivity contribution in [3.05, 3.63) is 34.9 Å². The summed E-state index contributed by atoms with van der Waals surface area (Å²) in [5.74, 6) is -0.270. The first-order chi connectivity index (χ1) is 9.54. The maximum atomic E-state index is 12.0. The maximum Gasteiger partial charge on any atom is 0.338 e. The van der Waals surface area contributed by atoms with Crippen LogP contribution in [0.15, 0.2) is 24.3 Å². The summed E-state index contributed by atoms with van der Waals surface area (Å²) in [6.45, 7) is 7.52. The Bertz CT molecular complexity index is 442. The topological polar surface area (TPSA) is 35.2 Å². The van der Waals surface area contributed by atoms with Gasteiger partial charge in [0, 0.05) is 5.02 Å². The molecule has 2 N–H and O–H groups in total. The van der Waals surface area contributed by atoms with E-state index < -0.39 is 0 Å². The van der Waals surface area contributed by atoms with E-state index in [-0.39, 0.29) is 12.1 Å². The van der Waals surface area contributed by atoms with Crippen LogP contribution in [0, 0.1) is 0 Å². The van der Waals surface area contributed by atoms with Gasteiger partial charge in [-0.05, 0) is 31.2 Å². The Balaban J connectivity index is 1.80. The Morgan fingerprint density at radius 3 is 2.45 bits per heavy atom. The second-order valence-electron chi connectivity index (χ2n) is 5.63. The van der Waals surface area contributed by atoms with Gasteiger partial charge in [-0.25, -0.2) is 4.79 Å². The average molecular weight is 299 g/mol. The van der Waals surface area contributed by atoms with Crippen LogP contribution < -0.4 is 9.80 Å². The number of carbonyl (C=O) groups is 1. The van der Waals surface area contributed by atoms with Gasteiger partial charge < -0.3 is 14.5 Å². The van der Waals surface area contributed by atoms with E-state index in [1.54, 1.807) is 29.2 Å². The monoisotopic (exact) mass is 298 g/mol. The van der Waals surface area contributed by atoms with Crippen molar-refractivity contribution in [2.75, 3.05) is 39.8 Å². The fourth-order valence-corrected chi connectivity index (χ4v) is 2.65. The first-order valence-electron chi connectivity index (χ1n) is 7.16. The van der Waals surface area contributed by atoms with Crippen molar-refractivity contribution in [3.8, 4) is 0 Å². The Morgan fingerprint density at radius 2 is 1.85 bits per heavy atom. The van der Waals surface area contributed by atoms with Crippen LogP contribution in [0.25, 0.3) is 0 Å². The van der Waals surface area contributed by atoms with Gasteiger partial charge in [0.25, 0.3) is 0 Å². The number of piperazine rings is 1. The molecule has 0 unspecified atom stereocenters. The molecule has 5 heteroatoms. The third kappa shape index (κ3) is 4.47.